The Morgan fingerprint density at radius 2 is 2.05 bits per heavy atom. The van der Waals surface area contributed by atoms with Gasteiger partial charge in [-0.05, 0) is 32.5 Å². The number of carboxylic acids is 1. The number of rotatable bonds is 5. The molecule has 0 unspecified atom stereocenters. The predicted octanol–water partition coefficient (Wildman–Crippen LogP) is 2.47. The highest BCUT2D eigenvalue weighted by Crippen LogP contribution is 2.26. The zero-order valence-electron chi connectivity index (χ0n) is 11.6. The standard InChI is InChI=1S/C15H20N2O2/c1-15(2,14(18)19)10-17-9-11(8-16-3)12-6-4-5-7-13(12)17/h4-7,9,16H,8,10H2,1-3H3,(H,18,19). The molecular weight excluding hydrogens is 240 g/mol. The number of carbonyl (C=O) groups is 1. The molecule has 0 spiro atoms. The first-order chi connectivity index (χ1) is 8.95. The lowest BCUT2D eigenvalue weighted by Crippen LogP contribution is -2.28. The summed E-state index contributed by atoms with van der Waals surface area (Å²) in [4.78, 5) is 11.3. The van der Waals surface area contributed by atoms with Gasteiger partial charge >= 0.3 is 5.97 Å². The summed E-state index contributed by atoms with van der Waals surface area (Å²) in [5, 5.41) is 13.6. The third-order valence-electron chi connectivity index (χ3n) is 3.38. The molecule has 0 bridgehead atoms. The quantitative estimate of drug-likeness (QED) is 0.868. The Morgan fingerprint density at radius 1 is 1.37 bits per heavy atom. The highest BCUT2D eigenvalue weighted by Gasteiger charge is 2.28. The molecule has 0 saturated heterocycles. The van der Waals surface area contributed by atoms with Crippen LogP contribution in [0.4, 0.5) is 0 Å². The average molecular weight is 260 g/mol. The summed E-state index contributed by atoms with van der Waals surface area (Å²) in [6.07, 6.45) is 2.05. The third-order valence-corrected chi connectivity index (χ3v) is 3.38. The fraction of sp³-hybridized carbons (Fsp3) is 0.400. The van der Waals surface area contributed by atoms with E-state index in [4.69, 9.17) is 0 Å². The summed E-state index contributed by atoms with van der Waals surface area (Å²) < 4.78 is 2.04. The van der Waals surface area contributed by atoms with Crippen molar-refractivity contribution in [1.82, 2.24) is 9.88 Å². The Kier molecular flexibility index (Phi) is 3.62. The van der Waals surface area contributed by atoms with Gasteiger partial charge in [-0.15, -0.1) is 0 Å². The second-order valence-electron chi connectivity index (χ2n) is 5.52. The molecule has 0 radical (unpaired) electrons. The molecule has 1 aromatic carbocycles. The Balaban J connectivity index is 2.46. The molecule has 0 amide bonds. The van der Waals surface area contributed by atoms with Crippen LogP contribution in [0.15, 0.2) is 30.5 Å². The minimum absolute atomic E-state index is 0.465. The van der Waals surface area contributed by atoms with E-state index in [1.165, 1.54) is 10.9 Å². The Labute approximate surface area is 113 Å². The molecule has 1 aromatic heterocycles. The van der Waals surface area contributed by atoms with Crippen LogP contribution in [0.5, 0.6) is 0 Å². The number of hydrogen-bond acceptors (Lipinski definition) is 2. The molecule has 2 N–H and O–H groups in total. The second kappa shape index (κ2) is 5.05. The van der Waals surface area contributed by atoms with Crippen LogP contribution in [-0.4, -0.2) is 22.7 Å². The number of nitrogens with one attached hydrogen (secondary N) is 1. The summed E-state index contributed by atoms with van der Waals surface area (Å²) in [6.45, 7) is 4.75. The zero-order valence-corrected chi connectivity index (χ0v) is 11.6. The molecule has 0 aliphatic heterocycles. The van der Waals surface area contributed by atoms with Crippen molar-refractivity contribution in [2.75, 3.05) is 7.05 Å². The lowest BCUT2D eigenvalue weighted by atomic mass is 9.94. The van der Waals surface area contributed by atoms with Gasteiger partial charge in [0.1, 0.15) is 0 Å². The van der Waals surface area contributed by atoms with Crippen molar-refractivity contribution in [3.05, 3.63) is 36.0 Å². The molecule has 0 atom stereocenters. The summed E-state index contributed by atoms with van der Waals surface area (Å²) in [7, 11) is 1.91. The van der Waals surface area contributed by atoms with Crippen molar-refractivity contribution < 1.29 is 9.90 Å². The van der Waals surface area contributed by atoms with Crippen molar-refractivity contribution in [1.29, 1.82) is 0 Å². The maximum atomic E-state index is 11.3. The van der Waals surface area contributed by atoms with Crippen LogP contribution in [-0.2, 0) is 17.9 Å². The van der Waals surface area contributed by atoms with Crippen LogP contribution < -0.4 is 5.32 Å². The van der Waals surface area contributed by atoms with Gasteiger partial charge in [0.25, 0.3) is 0 Å². The first-order valence-electron chi connectivity index (χ1n) is 6.40. The van der Waals surface area contributed by atoms with E-state index < -0.39 is 11.4 Å². The monoisotopic (exact) mass is 260 g/mol. The second-order valence-corrected chi connectivity index (χ2v) is 5.52. The van der Waals surface area contributed by atoms with Crippen molar-refractivity contribution in [2.24, 2.45) is 5.41 Å². The van der Waals surface area contributed by atoms with E-state index in [9.17, 15) is 9.90 Å². The molecule has 1 heterocycles. The molecule has 2 aromatic rings. The largest absolute Gasteiger partial charge is 0.481 e. The van der Waals surface area contributed by atoms with Crippen LogP contribution in [0.2, 0.25) is 0 Å². The van der Waals surface area contributed by atoms with Crippen LogP contribution in [0, 0.1) is 5.41 Å². The molecule has 4 nitrogen and oxygen atoms in total. The van der Waals surface area contributed by atoms with E-state index in [2.05, 4.69) is 11.4 Å². The summed E-state index contributed by atoms with van der Waals surface area (Å²) >= 11 is 0. The predicted molar refractivity (Wildman–Crippen MR) is 76.1 cm³/mol. The molecule has 2 rings (SSSR count). The number of aromatic nitrogens is 1. The van der Waals surface area contributed by atoms with Gasteiger partial charge in [0.05, 0.1) is 5.41 Å². The molecule has 0 saturated carbocycles. The number of fused-ring (bicyclic) bond motifs is 1. The van der Waals surface area contributed by atoms with Crippen LogP contribution in [0.1, 0.15) is 19.4 Å². The first kappa shape index (κ1) is 13.6. The number of hydrogen-bond donors (Lipinski definition) is 2. The Hall–Kier alpha value is -1.81. The number of benzene rings is 1. The summed E-state index contributed by atoms with van der Waals surface area (Å²) in [6, 6.07) is 8.10. The van der Waals surface area contributed by atoms with Crippen molar-refractivity contribution in [3.8, 4) is 0 Å². The SMILES string of the molecule is CNCc1cn(CC(C)(C)C(=O)O)c2ccccc12. The Bertz CT molecular complexity index is 599. The topological polar surface area (TPSA) is 54.3 Å². The van der Waals surface area contributed by atoms with E-state index >= 15 is 0 Å². The zero-order chi connectivity index (χ0) is 14.0. The van der Waals surface area contributed by atoms with Gasteiger partial charge in [0.2, 0.25) is 0 Å². The van der Waals surface area contributed by atoms with Crippen LogP contribution >= 0.6 is 0 Å². The minimum atomic E-state index is -0.779. The molecule has 0 aliphatic rings. The molecule has 102 valence electrons. The number of aliphatic carboxylic acids is 1. The number of carboxylic acid groups (broad SMARTS) is 1. The highest BCUT2D eigenvalue weighted by molar-refractivity contribution is 5.84. The van der Waals surface area contributed by atoms with Gasteiger partial charge in [-0.3, -0.25) is 4.79 Å². The van der Waals surface area contributed by atoms with E-state index in [0.29, 0.717) is 6.54 Å². The molecule has 4 heteroatoms. The lowest BCUT2D eigenvalue weighted by molar-refractivity contribution is -0.147. The van der Waals surface area contributed by atoms with E-state index in [1.54, 1.807) is 13.8 Å². The van der Waals surface area contributed by atoms with Crippen molar-refractivity contribution >= 4 is 16.9 Å². The number of para-hydroxylation sites is 1. The van der Waals surface area contributed by atoms with E-state index in [-0.39, 0.29) is 0 Å². The number of nitrogens with zero attached hydrogens (tertiary/aromatic N) is 1. The fourth-order valence-corrected chi connectivity index (χ4v) is 2.28. The van der Waals surface area contributed by atoms with Crippen molar-refractivity contribution in [2.45, 2.75) is 26.9 Å². The van der Waals surface area contributed by atoms with Gasteiger partial charge in [0, 0.05) is 30.2 Å². The van der Waals surface area contributed by atoms with Gasteiger partial charge in [-0.25, -0.2) is 0 Å². The molecular formula is C15H20N2O2. The highest BCUT2D eigenvalue weighted by atomic mass is 16.4. The molecule has 0 fully saturated rings. The van der Waals surface area contributed by atoms with Gasteiger partial charge in [-0.2, -0.15) is 0 Å². The average Bonchev–Trinajstić information content (AvgIpc) is 2.68. The Morgan fingerprint density at radius 3 is 2.68 bits per heavy atom. The normalized spacial score (nSPS) is 11.9. The van der Waals surface area contributed by atoms with Crippen LogP contribution in [0.3, 0.4) is 0 Å². The van der Waals surface area contributed by atoms with Gasteiger partial charge < -0.3 is 15.0 Å². The summed E-state index contributed by atoms with van der Waals surface area (Å²) in [5.74, 6) is -0.777. The van der Waals surface area contributed by atoms with E-state index in [0.717, 1.165) is 12.1 Å². The third kappa shape index (κ3) is 2.63. The van der Waals surface area contributed by atoms with Crippen LogP contribution in [0.25, 0.3) is 10.9 Å². The maximum Gasteiger partial charge on any atom is 0.310 e. The molecule has 0 aliphatic carbocycles. The smallest absolute Gasteiger partial charge is 0.310 e. The summed E-state index contributed by atoms with van der Waals surface area (Å²) in [5.41, 5.74) is 1.50. The minimum Gasteiger partial charge on any atom is -0.481 e. The first-order valence-corrected chi connectivity index (χ1v) is 6.40. The molecule has 19 heavy (non-hydrogen) atoms. The van der Waals surface area contributed by atoms with Gasteiger partial charge in [-0.1, -0.05) is 18.2 Å². The maximum absolute atomic E-state index is 11.3. The van der Waals surface area contributed by atoms with E-state index in [1.807, 2.05) is 36.0 Å². The van der Waals surface area contributed by atoms with Gasteiger partial charge in [0.15, 0.2) is 0 Å². The van der Waals surface area contributed by atoms with Crippen molar-refractivity contribution in [3.63, 3.8) is 0 Å². The lowest BCUT2D eigenvalue weighted by Gasteiger charge is -2.20. The fourth-order valence-electron chi connectivity index (χ4n) is 2.28.